The maximum atomic E-state index is 13.3. The second kappa shape index (κ2) is 3.81. The van der Waals surface area contributed by atoms with Gasteiger partial charge in [-0.2, -0.15) is 0 Å². The Morgan fingerprint density at radius 2 is 2.26 bits per heavy atom. The Bertz CT molecular complexity index is 682. The molecule has 0 fully saturated rings. The molecule has 3 nitrogen and oxygen atoms in total. The summed E-state index contributed by atoms with van der Waals surface area (Å²) in [4.78, 5) is 15.6. The van der Waals surface area contributed by atoms with Crippen molar-refractivity contribution in [1.82, 2.24) is 0 Å². The number of halogens is 1. The van der Waals surface area contributed by atoms with E-state index in [2.05, 4.69) is 10.2 Å². The minimum Gasteiger partial charge on any atom is -0.354 e. The molecule has 1 unspecified atom stereocenters. The van der Waals surface area contributed by atoms with Crippen LogP contribution in [0.4, 0.5) is 15.8 Å². The first kappa shape index (κ1) is 11.0. The van der Waals surface area contributed by atoms with E-state index in [1.165, 1.54) is 17.0 Å². The molecule has 1 amide bonds. The summed E-state index contributed by atoms with van der Waals surface area (Å²) in [6.45, 7) is 0.796. The average Bonchev–Trinajstić information content (AvgIpc) is 2.86. The predicted octanol–water partition coefficient (Wildman–Crippen LogP) is 2.94. The Hall–Kier alpha value is -1.88. The molecule has 19 heavy (non-hydrogen) atoms. The maximum absolute atomic E-state index is 13.3. The van der Waals surface area contributed by atoms with E-state index in [9.17, 15) is 9.18 Å². The van der Waals surface area contributed by atoms with Crippen LogP contribution in [-0.4, -0.2) is 12.5 Å². The largest absolute Gasteiger partial charge is 0.354 e. The highest BCUT2D eigenvalue weighted by Crippen LogP contribution is 2.43. The van der Waals surface area contributed by atoms with Crippen LogP contribution in [0.5, 0.6) is 0 Å². The van der Waals surface area contributed by atoms with Gasteiger partial charge in [-0.05, 0) is 41.6 Å². The Morgan fingerprint density at radius 3 is 3.16 bits per heavy atom. The van der Waals surface area contributed by atoms with Crippen molar-refractivity contribution in [3.63, 3.8) is 0 Å². The normalized spacial score (nSPS) is 20.4. The van der Waals surface area contributed by atoms with Crippen molar-refractivity contribution < 1.29 is 9.18 Å². The minimum atomic E-state index is -0.328. The Labute approximate surface area is 113 Å². The highest BCUT2D eigenvalue weighted by atomic mass is 32.1. The number of thiophene rings is 1. The summed E-state index contributed by atoms with van der Waals surface area (Å²) in [6, 6.07) is 6.32. The van der Waals surface area contributed by atoms with Crippen LogP contribution in [0.3, 0.4) is 0 Å². The van der Waals surface area contributed by atoms with Gasteiger partial charge in [-0.15, -0.1) is 11.3 Å². The minimum absolute atomic E-state index is 0.0718. The number of nitrogens with zero attached hydrogens (tertiary/aromatic N) is 1. The fourth-order valence-corrected chi connectivity index (χ4v) is 3.82. The third kappa shape index (κ3) is 1.51. The van der Waals surface area contributed by atoms with E-state index in [-0.39, 0.29) is 17.8 Å². The van der Waals surface area contributed by atoms with Crippen LogP contribution in [0.2, 0.25) is 0 Å². The van der Waals surface area contributed by atoms with Crippen LogP contribution in [0, 0.1) is 5.82 Å². The van der Waals surface area contributed by atoms with E-state index in [0.717, 1.165) is 24.2 Å². The summed E-state index contributed by atoms with van der Waals surface area (Å²) in [5.74, 6) is -0.400. The van der Waals surface area contributed by atoms with Crippen molar-refractivity contribution in [3.8, 4) is 0 Å². The van der Waals surface area contributed by atoms with E-state index >= 15 is 0 Å². The van der Waals surface area contributed by atoms with Gasteiger partial charge in [0.25, 0.3) is 5.91 Å². The zero-order chi connectivity index (χ0) is 13.0. The molecule has 1 atom stereocenters. The van der Waals surface area contributed by atoms with Gasteiger partial charge in [-0.1, -0.05) is 0 Å². The zero-order valence-electron chi connectivity index (χ0n) is 10.0. The maximum Gasteiger partial charge on any atom is 0.251 e. The lowest BCUT2D eigenvalue weighted by atomic mass is 9.95. The van der Waals surface area contributed by atoms with E-state index in [4.69, 9.17) is 0 Å². The second-order valence-electron chi connectivity index (χ2n) is 4.80. The highest BCUT2D eigenvalue weighted by Gasteiger charge is 2.38. The number of nitrogens with one attached hydrogen (secondary N) is 1. The Morgan fingerprint density at radius 1 is 1.37 bits per heavy atom. The van der Waals surface area contributed by atoms with Gasteiger partial charge in [0, 0.05) is 11.4 Å². The van der Waals surface area contributed by atoms with Crippen LogP contribution in [0.25, 0.3) is 0 Å². The summed E-state index contributed by atoms with van der Waals surface area (Å²) < 4.78 is 13.3. The molecule has 0 spiro atoms. The number of amides is 1. The molecular weight excluding hydrogens is 263 g/mol. The fraction of sp³-hybridized carbons (Fsp3) is 0.214. The van der Waals surface area contributed by atoms with Crippen LogP contribution >= 0.6 is 11.3 Å². The van der Waals surface area contributed by atoms with Crippen LogP contribution in [0.1, 0.15) is 16.5 Å². The highest BCUT2D eigenvalue weighted by molar-refractivity contribution is 7.10. The molecule has 0 aliphatic carbocycles. The van der Waals surface area contributed by atoms with Crippen molar-refractivity contribution in [2.75, 3.05) is 16.8 Å². The van der Waals surface area contributed by atoms with Crippen molar-refractivity contribution in [2.45, 2.75) is 12.5 Å². The number of carbonyl (C=O) groups excluding carboxylic acids is 1. The summed E-state index contributed by atoms with van der Waals surface area (Å²) in [7, 11) is 0. The van der Waals surface area contributed by atoms with E-state index < -0.39 is 0 Å². The first-order chi connectivity index (χ1) is 9.24. The Balaban J connectivity index is 1.88. The number of hydrogen-bond acceptors (Lipinski definition) is 3. The predicted molar refractivity (Wildman–Crippen MR) is 73.1 cm³/mol. The lowest BCUT2D eigenvalue weighted by Crippen LogP contribution is -2.45. The van der Waals surface area contributed by atoms with E-state index in [1.807, 2.05) is 11.4 Å². The number of anilines is 2. The lowest BCUT2D eigenvalue weighted by molar-refractivity contribution is -0.117. The van der Waals surface area contributed by atoms with Crippen LogP contribution in [0.15, 0.2) is 29.6 Å². The summed E-state index contributed by atoms with van der Waals surface area (Å²) in [5, 5.41) is 4.84. The lowest BCUT2D eigenvalue weighted by Gasteiger charge is -2.41. The second-order valence-corrected chi connectivity index (χ2v) is 5.80. The molecule has 0 radical (unpaired) electrons. The quantitative estimate of drug-likeness (QED) is 0.801. The first-order valence-corrected chi connectivity index (χ1v) is 7.05. The molecule has 0 saturated carbocycles. The van der Waals surface area contributed by atoms with Crippen LogP contribution in [-0.2, 0) is 11.2 Å². The van der Waals surface area contributed by atoms with Crippen LogP contribution < -0.4 is 10.2 Å². The van der Waals surface area contributed by atoms with Gasteiger partial charge in [0.1, 0.15) is 11.9 Å². The third-order valence-electron chi connectivity index (χ3n) is 3.74. The fourth-order valence-electron chi connectivity index (χ4n) is 2.92. The molecule has 5 heteroatoms. The molecule has 2 aliphatic rings. The molecule has 2 aliphatic heterocycles. The smallest absolute Gasteiger partial charge is 0.251 e. The Kier molecular flexibility index (Phi) is 2.20. The van der Waals surface area contributed by atoms with Gasteiger partial charge >= 0.3 is 0 Å². The third-order valence-corrected chi connectivity index (χ3v) is 4.74. The molecule has 0 saturated heterocycles. The van der Waals surface area contributed by atoms with Crippen molar-refractivity contribution in [3.05, 3.63) is 45.9 Å². The van der Waals surface area contributed by atoms with Gasteiger partial charge < -0.3 is 10.2 Å². The van der Waals surface area contributed by atoms with Crippen molar-refractivity contribution in [1.29, 1.82) is 0 Å². The zero-order valence-corrected chi connectivity index (χ0v) is 10.8. The molecule has 96 valence electrons. The number of fused-ring (bicyclic) bond motifs is 5. The molecule has 1 aromatic carbocycles. The standard InChI is InChI=1S/C14H11FN2OS/c15-8-1-2-11-10(7-8)16-14(18)13-9-4-6-19-12(9)3-5-17(11)13/h1-2,4,6-7,13H,3,5H2,(H,16,18). The number of rotatable bonds is 0. The van der Waals surface area contributed by atoms with E-state index in [0.29, 0.717) is 5.69 Å². The van der Waals surface area contributed by atoms with Crippen molar-refractivity contribution in [2.24, 2.45) is 0 Å². The van der Waals surface area contributed by atoms with Gasteiger partial charge in [-0.3, -0.25) is 4.79 Å². The monoisotopic (exact) mass is 274 g/mol. The number of hydrogen-bond donors (Lipinski definition) is 1. The summed E-state index contributed by atoms with van der Waals surface area (Å²) in [5.41, 5.74) is 2.56. The molecule has 1 N–H and O–H groups in total. The summed E-state index contributed by atoms with van der Waals surface area (Å²) >= 11 is 1.70. The van der Waals surface area contributed by atoms with Crippen molar-refractivity contribution >= 4 is 28.6 Å². The summed E-state index contributed by atoms with van der Waals surface area (Å²) in [6.07, 6.45) is 0.938. The van der Waals surface area contributed by atoms with E-state index in [1.54, 1.807) is 17.4 Å². The van der Waals surface area contributed by atoms with Gasteiger partial charge in [-0.25, -0.2) is 4.39 Å². The average molecular weight is 274 g/mol. The topological polar surface area (TPSA) is 32.3 Å². The molecule has 0 bridgehead atoms. The molecular formula is C14H11FN2OS. The first-order valence-electron chi connectivity index (χ1n) is 6.17. The van der Waals surface area contributed by atoms with Gasteiger partial charge in [0.05, 0.1) is 11.4 Å². The number of benzene rings is 1. The SMILES string of the molecule is O=C1Nc2cc(F)ccc2N2CCc3sccc3C12. The van der Waals surface area contributed by atoms with Gasteiger partial charge in [0.2, 0.25) is 0 Å². The molecule has 3 heterocycles. The van der Waals surface area contributed by atoms with Gasteiger partial charge in [0.15, 0.2) is 0 Å². The molecule has 2 aromatic rings. The molecule has 1 aromatic heterocycles. The number of carbonyl (C=O) groups is 1. The molecule has 4 rings (SSSR count).